The molecule has 2 rings (SSSR count). The summed E-state index contributed by atoms with van der Waals surface area (Å²) in [6, 6.07) is -3.52. The predicted octanol–water partition coefficient (Wildman–Crippen LogP) is 0.0268. The van der Waals surface area contributed by atoms with Crippen LogP contribution in [0.1, 0.15) is 52.7 Å². The lowest BCUT2D eigenvalue weighted by Crippen LogP contribution is -2.58. The number of aromatic amines is 1. The molecule has 0 saturated carbocycles. The molecular formula is C22H36N6O5. The van der Waals surface area contributed by atoms with Crippen molar-refractivity contribution in [2.75, 3.05) is 6.54 Å². The Morgan fingerprint density at radius 1 is 1.24 bits per heavy atom. The Labute approximate surface area is 193 Å². The van der Waals surface area contributed by atoms with Crippen LogP contribution in [0.2, 0.25) is 0 Å². The zero-order valence-corrected chi connectivity index (χ0v) is 19.7. The van der Waals surface area contributed by atoms with Gasteiger partial charge in [-0.15, -0.1) is 0 Å². The molecular weight excluding hydrogens is 428 g/mol. The van der Waals surface area contributed by atoms with Crippen molar-refractivity contribution in [1.82, 2.24) is 25.5 Å². The van der Waals surface area contributed by atoms with Gasteiger partial charge in [0.1, 0.15) is 18.1 Å². The average Bonchev–Trinajstić information content (AvgIpc) is 3.42. The number of nitrogens with zero attached hydrogens (tertiary/aromatic N) is 2. The molecule has 4 atom stereocenters. The molecule has 1 saturated heterocycles. The summed E-state index contributed by atoms with van der Waals surface area (Å²) in [7, 11) is 0. The summed E-state index contributed by atoms with van der Waals surface area (Å²) in [5, 5.41) is 14.7. The first kappa shape index (κ1) is 26.3. The fourth-order valence-corrected chi connectivity index (χ4v) is 3.94. The van der Waals surface area contributed by atoms with Gasteiger partial charge in [0.25, 0.3) is 0 Å². The SMILES string of the molecule is CC(C)CC(NC(=O)C1CCCN1C(=O)C(NC(=O)C(N)Cc1cnc[nH]1)C(C)C)C(=O)O. The number of carbonyl (C=O) groups excluding carboxylic acids is 3. The molecule has 4 unspecified atom stereocenters. The Bertz CT molecular complexity index is 825. The molecule has 11 nitrogen and oxygen atoms in total. The highest BCUT2D eigenvalue weighted by atomic mass is 16.4. The molecule has 1 aromatic heterocycles. The lowest BCUT2D eigenvalue weighted by atomic mass is 10.0. The number of aliphatic carboxylic acids is 1. The number of H-pyrrole nitrogens is 1. The molecule has 184 valence electrons. The van der Waals surface area contributed by atoms with Crippen molar-refractivity contribution < 1.29 is 24.3 Å². The van der Waals surface area contributed by atoms with Crippen molar-refractivity contribution in [2.24, 2.45) is 17.6 Å². The van der Waals surface area contributed by atoms with Crippen molar-refractivity contribution in [2.45, 2.75) is 77.5 Å². The van der Waals surface area contributed by atoms with Gasteiger partial charge in [-0.05, 0) is 31.1 Å². The third kappa shape index (κ3) is 7.28. The molecule has 1 aliphatic heterocycles. The highest BCUT2D eigenvalue weighted by molar-refractivity contribution is 5.94. The number of aromatic nitrogens is 2. The molecule has 0 bridgehead atoms. The number of carbonyl (C=O) groups is 4. The van der Waals surface area contributed by atoms with E-state index in [1.165, 1.54) is 11.2 Å². The van der Waals surface area contributed by atoms with E-state index in [1.54, 1.807) is 20.0 Å². The molecule has 0 aromatic carbocycles. The van der Waals surface area contributed by atoms with E-state index < -0.39 is 42.0 Å². The molecule has 1 aliphatic rings. The van der Waals surface area contributed by atoms with Gasteiger partial charge in [-0.25, -0.2) is 9.78 Å². The van der Waals surface area contributed by atoms with Crippen LogP contribution in [-0.2, 0) is 25.6 Å². The van der Waals surface area contributed by atoms with Gasteiger partial charge < -0.3 is 31.4 Å². The summed E-state index contributed by atoms with van der Waals surface area (Å²) in [6.45, 7) is 7.72. The second-order valence-electron chi connectivity index (χ2n) is 9.34. The van der Waals surface area contributed by atoms with E-state index >= 15 is 0 Å². The zero-order valence-electron chi connectivity index (χ0n) is 19.7. The number of imidazole rings is 1. The normalized spacial score (nSPS) is 18.8. The van der Waals surface area contributed by atoms with Crippen LogP contribution < -0.4 is 16.4 Å². The number of rotatable bonds is 11. The molecule has 1 aromatic rings. The number of hydrogen-bond donors (Lipinski definition) is 5. The van der Waals surface area contributed by atoms with Gasteiger partial charge in [-0.2, -0.15) is 0 Å². The first-order chi connectivity index (χ1) is 15.5. The Kier molecular flexibility index (Phi) is 9.39. The fraction of sp³-hybridized carbons (Fsp3) is 0.682. The Hall–Kier alpha value is -2.95. The second-order valence-corrected chi connectivity index (χ2v) is 9.34. The number of amides is 3. The summed E-state index contributed by atoms with van der Waals surface area (Å²) < 4.78 is 0. The van der Waals surface area contributed by atoms with Crippen LogP contribution in [0.3, 0.4) is 0 Å². The molecule has 6 N–H and O–H groups in total. The zero-order chi connectivity index (χ0) is 24.7. The first-order valence-electron chi connectivity index (χ1n) is 11.4. The summed E-state index contributed by atoms with van der Waals surface area (Å²) in [6.07, 6.45) is 4.66. The summed E-state index contributed by atoms with van der Waals surface area (Å²) >= 11 is 0. The number of likely N-dealkylation sites (tertiary alicyclic amines) is 1. The largest absolute Gasteiger partial charge is 0.480 e. The maximum Gasteiger partial charge on any atom is 0.326 e. The van der Waals surface area contributed by atoms with E-state index in [2.05, 4.69) is 20.6 Å². The van der Waals surface area contributed by atoms with Crippen molar-refractivity contribution in [3.8, 4) is 0 Å². The Morgan fingerprint density at radius 2 is 1.94 bits per heavy atom. The molecule has 0 radical (unpaired) electrons. The van der Waals surface area contributed by atoms with Crippen molar-refractivity contribution in [1.29, 1.82) is 0 Å². The maximum absolute atomic E-state index is 13.3. The van der Waals surface area contributed by atoms with Gasteiger partial charge in [-0.1, -0.05) is 27.7 Å². The standard InChI is InChI=1S/C22H36N6O5/c1-12(2)8-16(22(32)33)26-20(30)17-6-5-7-28(17)21(31)18(13(3)4)27-19(29)15(23)9-14-10-24-11-25-14/h10-13,15-18H,5-9,23H2,1-4H3,(H,24,25)(H,26,30)(H,27,29)(H,32,33). The van der Waals surface area contributed by atoms with Crippen molar-refractivity contribution in [3.05, 3.63) is 18.2 Å². The first-order valence-corrected chi connectivity index (χ1v) is 11.4. The summed E-state index contributed by atoms with van der Waals surface area (Å²) in [4.78, 5) is 58.6. The number of nitrogens with one attached hydrogen (secondary N) is 3. The van der Waals surface area contributed by atoms with E-state index in [9.17, 15) is 24.3 Å². The molecule has 1 fully saturated rings. The topological polar surface area (TPSA) is 171 Å². The molecule has 0 aliphatic carbocycles. The van der Waals surface area contributed by atoms with Crippen molar-refractivity contribution in [3.63, 3.8) is 0 Å². The van der Waals surface area contributed by atoms with Gasteiger partial charge in [0.2, 0.25) is 17.7 Å². The lowest BCUT2D eigenvalue weighted by Gasteiger charge is -2.31. The molecule has 0 spiro atoms. The minimum atomic E-state index is -1.11. The van der Waals surface area contributed by atoms with Crippen LogP contribution in [0.15, 0.2) is 12.5 Å². The summed E-state index contributed by atoms with van der Waals surface area (Å²) in [5.74, 6) is -2.59. The molecule has 2 heterocycles. The monoisotopic (exact) mass is 464 g/mol. The number of carboxylic acids is 1. The van der Waals surface area contributed by atoms with Crippen LogP contribution in [-0.4, -0.2) is 74.4 Å². The highest BCUT2D eigenvalue weighted by Gasteiger charge is 2.40. The van der Waals surface area contributed by atoms with Crippen LogP contribution in [0.5, 0.6) is 0 Å². The van der Waals surface area contributed by atoms with E-state index in [4.69, 9.17) is 5.73 Å². The number of carboxylic acid groups (broad SMARTS) is 1. The van der Waals surface area contributed by atoms with E-state index in [0.717, 1.165) is 0 Å². The maximum atomic E-state index is 13.3. The van der Waals surface area contributed by atoms with E-state index in [1.807, 2.05) is 13.8 Å². The number of hydrogen-bond acceptors (Lipinski definition) is 6. The number of nitrogens with two attached hydrogens (primary N) is 1. The molecule has 3 amide bonds. The van der Waals surface area contributed by atoms with Crippen LogP contribution in [0, 0.1) is 11.8 Å². The van der Waals surface area contributed by atoms with Gasteiger partial charge >= 0.3 is 5.97 Å². The highest BCUT2D eigenvalue weighted by Crippen LogP contribution is 2.21. The van der Waals surface area contributed by atoms with Crippen LogP contribution in [0.25, 0.3) is 0 Å². The summed E-state index contributed by atoms with van der Waals surface area (Å²) in [5.41, 5.74) is 6.71. The van der Waals surface area contributed by atoms with Crippen molar-refractivity contribution >= 4 is 23.7 Å². The third-order valence-electron chi connectivity index (χ3n) is 5.72. The van der Waals surface area contributed by atoms with Gasteiger partial charge in [0, 0.05) is 24.9 Å². The smallest absolute Gasteiger partial charge is 0.326 e. The minimum Gasteiger partial charge on any atom is -0.480 e. The van der Waals surface area contributed by atoms with Crippen LogP contribution in [0.4, 0.5) is 0 Å². The van der Waals surface area contributed by atoms with Crippen LogP contribution >= 0.6 is 0 Å². The Morgan fingerprint density at radius 3 is 2.48 bits per heavy atom. The van der Waals surface area contributed by atoms with Gasteiger partial charge in [0.05, 0.1) is 12.4 Å². The van der Waals surface area contributed by atoms with E-state index in [0.29, 0.717) is 31.5 Å². The quantitative estimate of drug-likeness (QED) is 0.307. The second kappa shape index (κ2) is 11.8. The average molecular weight is 465 g/mol. The lowest BCUT2D eigenvalue weighted by molar-refractivity contribution is -0.145. The molecule has 33 heavy (non-hydrogen) atoms. The molecule has 11 heteroatoms. The predicted molar refractivity (Wildman–Crippen MR) is 121 cm³/mol. The Balaban J connectivity index is 2.07. The fourth-order valence-electron chi connectivity index (χ4n) is 3.94. The minimum absolute atomic E-state index is 0.0826. The third-order valence-corrected chi connectivity index (χ3v) is 5.72. The van der Waals surface area contributed by atoms with Gasteiger partial charge in [0.15, 0.2) is 0 Å². The van der Waals surface area contributed by atoms with E-state index in [-0.39, 0.29) is 24.2 Å². The van der Waals surface area contributed by atoms with Gasteiger partial charge in [-0.3, -0.25) is 14.4 Å².